The number of hydrogen-bond acceptors (Lipinski definition) is 3. The standard InChI is InChI=1S/C10H22O2.C10H22O/c1-2-3-4-5-6-7-8-10(12)9-11;1-2-3-4-5-6-7-8-9-10-11/h10-12H,2-9H2,1H3;11H,2-10H2,1H3. The van der Waals surface area contributed by atoms with Crippen molar-refractivity contribution in [3.8, 4) is 0 Å². The van der Waals surface area contributed by atoms with Crippen LogP contribution in [0.25, 0.3) is 0 Å². The van der Waals surface area contributed by atoms with E-state index in [4.69, 9.17) is 15.3 Å². The van der Waals surface area contributed by atoms with Gasteiger partial charge in [0.25, 0.3) is 0 Å². The summed E-state index contributed by atoms with van der Waals surface area (Å²) in [5, 5.41) is 26.0. The lowest BCUT2D eigenvalue weighted by atomic mass is 10.1. The van der Waals surface area contributed by atoms with Crippen LogP contribution in [-0.2, 0) is 0 Å². The van der Waals surface area contributed by atoms with Gasteiger partial charge in [0.2, 0.25) is 0 Å². The number of hydrogen-bond donors (Lipinski definition) is 3. The molecule has 0 aliphatic carbocycles. The predicted octanol–water partition coefficient (Wildman–Crippen LogP) is 5.21. The van der Waals surface area contributed by atoms with Gasteiger partial charge in [-0.1, -0.05) is 97.3 Å². The first-order valence-corrected chi connectivity index (χ1v) is 10.1. The van der Waals surface area contributed by atoms with Crippen LogP contribution in [0, 0.1) is 0 Å². The van der Waals surface area contributed by atoms with E-state index in [9.17, 15) is 0 Å². The average Bonchev–Trinajstić information content (AvgIpc) is 2.57. The molecule has 0 aromatic heterocycles. The molecule has 0 aromatic rings. The summed E-state index contributed by atoms with van der Waals surface area (Å²) in [7, 11) is 0. The van der Waals surface area contributed by atoms with Crippen LogP contribution in [-0.4, -0.2) is 34.6 Å². The molecule has 1 unspecified atom stereocenters. The third kappa shape index (κ3) is 27.0. The Hall–Kier alpha value is -0.120. The molecule has 0 bridgehead atoms. The molecule has 0 aromatic carbocycles. The van der Waals surface area contributed by atoms with Gasteiger partial charge in [0.1, 0.15) is 0 Å². The monoisotopic (exact) mass is 332 g/mol. The van der Waals surface area contributed by atoms with Crippen LogP contribution in [0.1, 0.15) is 110 Å². The van der Waals surface area contributed by atoms with Gasteiger partial charge < -0.3 is 15.3 Å². The van der Waals surface area contributed by atoms with E-state index in [1.165, 1.54) is 77.0 Å². The number of aliphatic hydroxyl groups is 3. The maximum absolute atomic E-state index is 9.01. The van der Waals surface area contributed by atoms with Gasteiger partial charge in [-0.3, -0.25) is 0 Å². The molecule has 0 spiro atoms. The van der Waals surface area contributed by atoms with Crippen LogP contribution in [0.3, 0.4) is 0 Å². The van der Waals surface area contributed by atoms with Crippen molar-refractivity contribution in [2.24, 2.45) is 0 Å². The SMILES string of the molecule is CCCCCCCCC(O)CO.CCCCCCCCCCO. The van der Waals surface area contributed by atoms with E-state index in [0.717, 1.165) is 19.3 Å². The van der Waals surface area contributed by atoms with Gasteiger partial charge >= 0.3 is 0 Å². The number of unbranched alkanes of at least 4 members (excludes halogenated alkanes) is 12. The first-order chi connectivity index (χ1) is 11.2. The Labute approximate surface area is 145 Å². The Kier molecular flexibility index (Phi) is 26.4. The summed E-state index contributed by atoms with van der Waals surface area (Å²) >= 11 is 0. The highest BCUT2D eigenvalue weighted by Gasteiger charge is 2.00. The summed E-state index contributed by atoms with van der Waals surface area (Å²) in [6, 6.07) is 0. The molecular weight excluding hydrogens is 288 g/mol. The van der Waals surface area contributed by atoms with Gasteiger partial charge in [-0.05, 0) is 12.8 Å². The van der Waals surface area contributed by atoms with Gasteiger partial charge in [-0.15, -0.1) is 0 Å². The van der Waals surface area contributed by atoms with Crippen LogP contribution < -0.4 is 0 Å². The van der Waals surface area contributed by atoms with Crippen molar-refractivity contribution in [1.82, 2.24) is 0 Å². The molecule has 0 radical (unpaired) electrons. The fourth-order valence-corrected chi connectivity index (χ4v) is 2.50. The highest BCUT2D eigenvalue weighted by atomic mass is 16.3. The van der Waals surface area contributed by atoms with E-state index < -0.39 is 6.10 Å². The van der Waals surface area contributed by atoms with E-state index in [1.807, 2.05) is 0 Å². The molecular formula is C20H44O3. The molecule has 23 heavy (non-hydrogen) atoms. The molecule has 3 N–H and O–H groups in total. The van der Waals surface area contributed by atoms with Crippen molar-refractivity contribution in [3.63, 3.8) is 0 Å². The second-order valence-electron chi connectivity index (χ2n) is 6.59. The van der Waals surface area contributed by atoms with Gasteiger partial charge in [0.05, 0.1) is 12.7 Å². The smallest absolute Gasteiger partial charge is 0.0770 e. The fourth-order valence-electron chi connectivity index (χ4n) is 2.50. The molecule has 1 atom stereocenters. The van der Waals surface area contributed by atoms with Crippen LogP contribution in [0.5, 0.6) is 0 Å². The fraction of sp³-hybridized carbons (Fsp3) is 1.00. The lowest BCUT2D eigenvalue weighted by molar-refractivity contribution is 0.0860. The Morgan fingerprint density at radius 3 is 1.35 bits per heavy atom. The van der Waals surface area contributed by atoms with Crippen molar-refractivity contribution in [2.45, 2.75) is 116 Å². The minimum Gasteiger partial charge on any atom is -0.396 e. The number of rotatable bonds is 16. The molecule has 0 fully saturated rings. The molecule has 0 saturated carbocycles. The zero-order valence-corrected chi connectivity index (χ0v) is 15.9. The normalized spacial score (nSPS) is 11.9. The lowest BCUT2D eigenvalue weighted by Gasteiger charge is -2.05. The van der Waals surface area contributed by atoms with Crippen molar-refractivity contribution in [1.29, 1.82) is 0 Å². The zero-order valence-electron chi connectivity index (χ0n) is 15.9. The Morgan fingerprint density at radius 1 is 0.565 bits per heavy atom. The van der Waals surface area contributed by atoms with E-state index in [1.54, 1.807) is 0 Å². The largest absolute Gasteiger partial charge is 0.396 e. The summed E-state index contributed by atoms with van der Waals surface area (Å²) in [5.41, 5.74) is 0. The summed E-state index contributed by atoms with van der Waals surface area (Å²) in [5.74, 6) is 0. The summed E-state index contributed by atoms with van der Waals surface area (Å²) in [4.78, 5) is 0. The quantitative estimate of drug-likeness (QED) is 0.340. The van der Waals surface area contributed by atoms with Gasteiger partial charge in [-0.25, -0.2) is 0 Å². The lowest BCUT2D eigenvalue weighted by Crippen LogP contribution is -2.10. The van der Waals surface area contributed by atoms with Crippen LogP contribution in [0.15, 0.2) is 0 Å². The molecule has 142 valence electrons. The van der Waals surface area contributed by atoms with E-state index in [2.05, 4.69) is 13.8 Å². The third-order valence-electron chi connectivity index (χ3n) is 4.11. The van der Waals surface area contributed by atoms with Crippen LogP contribution in [0.4, 0.5) is 0 Å². The van der Waals surface area contributed by atoms with Crippen LogP contribution >= 0.6 is 0 Å². The maximum Gasteiger partial charge on any atom is 0.0770 e. The highest BCUT2D eigenvalue weighted by molar-refractivity contribution is 4.53. The number of aliphatic hydroxyl groups excluding tert-OH is 3. The van der Waals surface area contributed by atoms with E-state index in [-0.39, 0.29) is 6.61 Å². The molecule has 0 amide bonds. The molecule has 3 nitrogen and oxygen atoms in total. The minimum atomic E-state index is -0.490. The van der Waals surface area contributed by atoms with Crippen molar-refractivity contribution >= 4 is 0 Å². The topological polar surface area (TPSA) is 60.7 Å². The van der Waals surface area contributed by atoms with Crippen molar-refractivity contribution in [3.05, 3.63) is 0 Å². The summed E-state index contributed by atoms with van der Waals surface area (Å²) in [6.45, 7) is 4.73. The molecule has 0 aliphatic heterocycles. The van der Waals surface area contributed by atoms with Gasteiger partial charge in [0, 0.05) is 6.61 Å². The second-order valence-corrected chi connectivity index (χ2v) is 6.59. The second kappa shape index (κ2) is 24.1. The molecule has 0 heterocycles. The first kappa shape index (κ1) is 25.1. The predicted molar refractivity (Wildman–Crippen MR) is 101 cm³/mol. The van der Waals surface area contributed by atoms with Crippen molar-refractivity contribution in [2.75, 3.05) is 13.2 Å². The summed E-state index contributed by atoms with van der Waals surface area (Å²) in [6.07, 6.45) is 18.1. The Morgan fingerprint density at radius 2 is 0.957 bits per heavy atom. The minimum absolute atomic E-state index is 0.0883. The Balaban J connectivity index is 0. The Bertz CT molecular complexity index is 178. The highest BCUT2D eigenvalue weighted by Crippen LogP contribution is 2.08. The van der Waals surface area contributed by atoms with Crippen molar-refractivity contribution < 1.29 is 15.3 Å². The molecule has 3 heteroatoms. The molecule has 0 rings (SSSR count). The molecule has 0 saturated heterocycles. The van der Waals surface area contributed by atoms with E-state index >= 15 is 0 Å². The van der Waals surface area contributed by atoms with Crippen LogP contribution in [0.2, 0.25) is 0 Å². The van der Waals surface area contributed by atoms with E-state index in [0.29, 0.717) is 6.61 Å². The zero-order chi connectivity index (χ0) is 17.6. The summed E-state index contributed by atoms with van der Waals surface area (Å²) < 4.78 is 0. The van der Waals surface area contributed by atoms with Gasteiger partial charge in [-0.2, -0.15) is 0 Å². The maximum atomic E-state index is 9.01. The third-order valence-corrected chi connectivity index (χ3v) is 4.11. The van der Waals surface area contributed by atoms with Gasteiger partial charge in [0.15, 0.2) is 0 Å². The molecule has 0 aliphatic rings. The first-order valence-electron chi connectivity index (χ1n) is 10.1. The average molecular weight is 333 g/mol.